The van der Waals surface area contributed by atoms with Crippen LogP contribution in [0.4, 0.5) is 0 Å². The minimum absolute atomic E-state index is 0.00537. The predicted octanol–water partition coefficient (Wildman–Crippen LogP) is 1.53. The molecule has 142 valence electrons. The Kier molecular flexibility index (Phi) is 6.46. The third-order valence-electron chi connectivity index (χ3n) is 4.85. The van der Waals surface area contributed by atoms with Crippen molar-refractivity contribution in [1.82, 2.24) is 15.5 Å². The fourth-order valence-corrected chi connectivity index (χ4v) is 3.23. The van der Waals surface area contributed by atoms with Gasteiger partial charge in [0.15, 0.2) is 17.3 Å². The minimum Gasteiger partial charge on any atom is -0.454 e. The second-order valence-corrected chi connectivity index (χ2v) is 6.79. The van der Waals surface area contributed by atoms with E-state index in [0.717, 1.165) is 19.6 Å². The van der Waals surface area contributed by atoms with E-state index < -0.39 is 6.04 Å². The van der Waals surface area contributed by atoms with Crippen molar-refractivity contribution in [3.05, 3.63) is 23.8 Å². The maximum Gasteiger partial charge on any atom is 0.231 e. The molecule has 1 aromatic carbocycles. The first-order valence-electron chi connectivity index (χ1n) is 9.30. The van der Waals surface area contributed by atoms with Gasteiger partial charge in [0.1, 0.15) is 0 Å². The molecule has 1 amide bonds. The van der Waals surface area contributed by atoms with Crippen molar-refractivity contribution in [3.63, 3.8) is 0 Å². The summed E-state index contributed by atoms with van der Waals surface area (Å²) in [6.07, 6.45) is 4.24. The van der Waals surface area contributed by atoms with E-state index in [2.05, 4.69) is 15.5 Å². The number of nitrogens with zero attached hydrogens (tertiary/aromatic N) is 1. The van der Waals surface area contributed by atoms with Crippen LogP contribution in [0.3, 0.4) is 0 Å². The zero-order chi connectivity index (χ0) is 18.4. The molecule has 1 saturated heterocycles. The summed E-state index contributed by atoms with van der Waals surface area (Å²) in [4.78, 5) is 26.8. The van der Waals surface area contributed by atoms with Crippen molar-refractivity contribution < 1.29 is 19.1 Å². The number of benzene rings is 1. The molecule has 0 aromatic heterocycles. The monoisotopic (exact) mass is 361 g/mol. The fourth-order valence-electron chi connectivity index (χ4n) is 3.23. The summed E-state index contributed by atoms with van der Waals surface area (Å²) < 4.78 is 10.6. The third-order valence-corrected chi connectivity index (χ3v) is 4.85. The third kappa shape index (κ3) is 4.95. The molecule has 2 aliphatic rings. The summed E-state index contributed by atoms with van der Waals surface area (Å²) in [5.41, 5.74) is 0.561. The van der Waals surface area contributed by atoms with Crippen molar-refractivity contribution in [1.29, 1.82) is 0 Å². The van der Waals surface area contributed by atoms with Crippen LogP contribution < -0.4 is 20.1 Å². The summed E-state index contributed by atoms with van der Waals surface area (Å²) in [7, 11) is 0. The van der Waals surface area contributed by atoms with E-state index in [1.165, 1.54) is 19.3 Å². The lowest BCUT2D eigenvalue weighted by molar-refractivity contribution is -0.121. The molecular formula is C19H27N3O4. The molecule has 2 heterocycles. The highest BCUT2D eigenvalue weighted by Crippen LogP contribution is 2.32. The highest BCUT2D eigenvalue weighted by molar-refractivity contribution is 6.00. The standard InChI is InChI=1S/C19H27N3O4/c1-14(19(24)15-5-6-16-17(11-15)26-13-25-16)20-12-21-18(23)7-10-22-8-3-2-4-9-22/h5-6,11,14,20H,2-4,7-10,12-13H2,1H3,(H,21,23). The average molecular weight is 361 g/mol. The Morgan fingerprint density at radius 3 is 2.73 bits per heavy atom. The first-order valence-corrected chi connectivity index (χ1v) is 9.30. The Morgan fingerprint density at radius 2 is 1.92 bits per heavy atom. The van der Waals surface area contributed by atoms with Gasteiger partial charge in [0.05, 0.1) is 12.7 Å². The number of Topliss-reactive ketones (excluding diaryl/α,β-unsaturated/α-hetero) is 1. The van der Waals surface area contributed by atoms with Gasteiger partial charge < -0.3 is 19.7 Å². The normalized spacial score (nSPS) is 17.7. The van der Waals surface area contributed by atoms with Crippen molar-refractivity contribution in [3.8, 4) is 11.5 Å². The lowest BCUT2D eigenvalue weighted by Gasteiger charge is -2.26. The molecule has 2 N–H and O–H groups in total. The zero-order valence-electron chi connectivity index (χ0n) is 15.3. The SMILES string of the molecule is CC(NCNC(=O)CCN1CCCCC1)C(=O)c1ccc2c(c1)OCO2. The van der Waals surface area contributed by atoms with Crippen molar-refractivity contribution in [2.24, 2.45) is 0 Å². The van der Waals surface area contributed by atoms with Crippen molar-refractivity contribution in [2.75, 3.05) is 33.1 Å². The van der Waals surface area contributed by atoms with Gasteiger partial charge in [-0.2, -0.15) is 0 Å². The average Bonchev–Trinajstić information content (AvgIpc) is 3.14. The summed E-state index contributed by atoms with van der Waals surface area (Å²) in [6.45, 7) is 5.23. The molecule has 1 fully saturated rings. The number of hydrogen-bond donors (Lipinski definition) is 2. The Hall–Kier alpha value is -2.12. The minimum atomic E-state index is -0.405. The van der Waals surface area contributed by atoms with E-state index in [-0.39, 0.29) is 25.2 Å². The van der Waals surface area contributed by atoms with E-state index in [0.29, 0.717) is 23.5 Å². The molecule has 0 bridgehead atoms. The summed E-state index contributed by atoms with van der Waals surface area (Å²) >= 11 is 0. The van der Waals surface area contributed by atoms with Crippen LogP contribution in [0.15, 0.2) is 18.2 Å². The number of hydrogen-bond acceptors (Lipinski definition) is 6. The Labute approximate surface area is 154 Å². The van der Waals surface area contributed by atoms with Gasteiger partial charge in [-0.15, -0.1) is 0 Å². The van der Waals surface area contributed by atoms with E-state index in [1.54, 1.807) is 25.1 Å². The highest BCUT2D eigenvalue weighted by Gasteiger charge is 2.20. The number of rotatable bonds is 8. The largest absolute Gasteiger partial charge is 0.454 e. The van der Waals surface area contributed by atoms with Gasteiger partial charge in [0.2, 0.25) is 12.7 Å². The first kappa shape index (κ1) is 18.7. The Morgan fingerprint density at radius 1 is 1.15 bits per heavy atom. The van der Waals surface area contributed by atoms with Crippen molar-refractivity contribution >= 4 is 11.7 Å². The van der Waals surface area contributed by atoms with E-state index >= 15 is 0 Å². The molecule has 0 radical (unpaired) electrons. The first-order chi connectivity index (χ1) is 12.6. The molecule has 2 aliphatic heterocycles. The van der Waals surface area contributed by atoms with E-state index in [4.69, 9.17) is 9.47 Å². The number of likely N-dealkylation sites (tertiary alicyclic amines) is 1. The number of carbonyl (C=O) groups excluding carboxylic acids is 2. The molecular weight excluding hydrogens is 334 g/mol. The number of amides is 1. The lowest BCUT2D eigenvalue weighted by atomic mass is 10.1. The lowest BCUT2D eigenvalue weighted by Crippen LogP contribution is -2.43. The van der Waals surface area contributed by atoms with E-state index in [9.17, 15) is 9.59 Å². The van der Waals surface area contributed by atoms with Gasteiger partial charge in [-0.25, -0.2) is 0 Å². The fraction of sp³-hybridized carbons (Fsp3) is 0.579. The molecule has 0 spiro atoms. The van der Waals surface area contributed by atoms with Crippen LogP contribution in [0, 0.1) is 0 Å². The molecule has 1 aromatic rings. The van der Waals surface area contributed by atoms with Crippen molar-refractivity contribution in [2.45, 2.75) is 38.6 Å². The summed E-state index contributed by atoms with van der Waals surface area (Å²) in [5.74, 6) is 1.20. The van der Waals surface area contributed by atoms with Gasteiger partial charge in [0, 0.05) is 18.5 Å². The molecule has 1 atom stereocenters. The van der Waals surface area contributed by atoms with Crippen LogP contribution in [0.5, 0.6) is 11.5 Å². The number of carbonyl (C=O) groups is 2. The van der Waals surface area contributed by atoms with Crippen LogP contribution in [0.1, 0.15) is 43.0 Å². The number of piperidine rings is 1. The molecule has 7 heteroatoms. The molecule has 0 saturated carbocycles. The van der Waals surface area contributed by atoms with Crippen LogP contribution >= 0.6 is 0 Å². The molecule has 0 aliphatic carbocycles. The number of nitrogens with one attached hydrogen (secondary N) is 2. The highest BCUT2D eigenvalue weighted by atomic mass is 16.7. The van der Waals surface area contributed by atoms with Crippen LogP contribution in [0.25, 0.3) is 0 Å². The maximum atomic E-state index is 12.5. The number of ether oxygens (including phenoxy) is 2. The second kappa shape index (κ2) is 9.00. The molecule has 26 heavy (non-hydrogen) atoms. The zero-order valence-corrected chi connectivity index (χ0v) is 15.3. The predicted molar refractivity (Wildman–Crippen MR) is 97.4 cm³/mol. The number of ketones is 1. The van der Waals surface area contributed by atoms with Gasteiger partial charge >= 0.3 is 0 Å². The molecule has 1 unspecified atom stereocenters. The summed E-state index contributed by atoms with van der Waals surface area (Å²) in [6, 6.07) is 4.76. The van der Waals surface area contributed by atoms with Gasteiger partial charge in [-0.3, -0.25) is 14.9 Å². The summed E-state index contributed by atoms with van der Waals surface area (Å²) in [5, 5.41) is 5.88. The van der Waals surface area contributed by atoms with Crippen LogP contribution in [-0.4, -0.2) is 55.7 Å². The van der Waals surface area contributed by atoms with Gasteiger partial charge in [0.25, 0.3) is 0 Å². The Balaban J connectivity index is 1.37. The smallest absolute Gasteiger partial charge is 0.231 e. The Bertz CT molecular complexity index is 644. The molecule has 7 nitrogen and oxygen atoms in total. The van der Waals surface area contributed by atoms with Crippen LogP contribution in [0.2, 0.25) is 0 Å². The number of fused-ring (bicyclic) bond motifs is 1. The second-order valence-electron chi connectivity index (χ2n) is 6.79. The van der Waals surface area contributed by atoms with Gasteiger partial charge in [-0.1, -0.05) is 6.42 Å². The van der Waals surface area contributed by atoms with E-state index in [1.807, 2.05) is 0 Å². The van der Waals surface area contributed by atoms with Crippen LogP contribution in [-0.2, 0) is 4.79 Å². The topological polar surface area (TPSA) is 79.9 Å². The molecule has 3 rings (SSSR count). The quantitative estimate of drug-likeness (QED) is 0.540. The maximum absolute atomic E-state index is 12.5. The van der Waals surface area contributed by atoms with Gasteiger partial charge in [-0.05, 0) is 51.1 Å².